The van der Waals surface area contributed by atoms with Crippen molar-refractivity contribution in [2.75, 3.05) is 7.11 Å². The van der Waals surface area contributed by atoms with Crippen LogP contribution >= 0.6 is 11.8 Å². The lowest BCUT2D eigenvalue weighted by Gasteiger charge is -2.32. The first-order valence-corrected chi connectivity index (χ1v) is 13.0. The van der Waals surface area contributed by atoms with Gasteiger partial charge in [0.1, 0.15) is 6.61 Å². The molecule has 35 heavy (non-hydrogen) atoms. The van der Waals surface area contributed by atoms with Crippen LogP contribution in [0.3, 0.4) is 0 Å². The first kappa shape index (κ1) is 22.0. The molecule has 0 saturated carbocycles. The zero-order valence-electron chi connectivity index (χ0n) is 19.7. The predicted molar refractivity (Wildman–Crippen MR) is 143 cm³/mol. The Labute approximate surface area is 210 Å². The molecule has 0 N–H and O–H groups in total. The first-order chi connectivity index (χ1) is 17.3. The van der Waals surface area contributed by atoms with Gasteiger partial charge in [0.25, 0.3) is 0 Å². The molecule has 0 radical (unpaired) electrons. The molecule has 4 aromatic rings. The quantitative estimate of drug-likeness (QED) is 0.294. The fourth-order valence-electron chi connectivity index (χ4n) is 5.09. The van der Waals surface area contributed by atoms with Gasteiger partial charge >= 0.3 is 0 Å². The van der Waals surface area contributed by atoms with Gasteiger partial charge in [-0.2, -0.15) is 0 Å². The Bertz CT molecular complexity index is 1380. The van der Waals surface area contributed by atoms with Crippen LogP contribution in [0.4, 0.5) is 5.69 Å². The summed E-state index contributed by atoms with van der Waals surface area (Å²) in [6.07, 6.45) is 2.15. The molecule has 2 aliphatic rings. The summed E-state index contributed by atoms with van der Waals surface area (Å²) in [6, 6.07) is 33.9. The van der Waals surface area contributed by atoms with Crippen LogP contribution in [0.1, 0.15) is 33.9 Å². The molecule has 0 bridgehead atoms. The number of nitrogens with zero attached hydrogens (tertiary/aromatic N) is 1. The largest absolute Gasteiger partial charge is 0.493 e. The summed E-state index contributed by atoms with van der Waals surface area (Å²) in [6.45, 7) is 0.505. The Balaban J connectivity index is 1.40. The number of methoxy groups -OCH3 is 1. The summed E-state index contributed by atoms with van der Waals surface area (Å²) in [4.78, 5) is 6.47. The number of rotatable bonds is 5. The van der Waals surface area contributed by atoms with E-state index in [-0.39, 0.29) is 5.25 Å². The molecule has 6 rings (SSSR count). The number of thioether (sulfide) groups is 1. The zero-order valence-corrected chi connectivity index (χ0v) is 20.5. The van der Waals surface area contributed by atoms with Crippen molar-refractivity contribution in [3.63, 3.8) is 0 Å². The molecule has 174 valence electrons. The molecule has 0 amide bonds. The molecule has 2 atom stereocenters. The molecule has 0 aromatic heterocycles. The summed E-state index contributed by atoms with van der Waals surface area (Å²) in [5, 5.41) is 0.232. The van der Waals surface area contributed by atoms with Crippen molar-refractivity contribution >= 4 is 23.2 Å². The van der Waals surface area contributed by atoms with Gasteiger partial charge in [-0.15, -0.1) is 11.8 Å². The predicted octanol–water partition coefficient (Wildman–Crippen LogP) is 7.80. The second kappa shape index (κ2) is 9.63. The van der Waals surface area contributed by atoms with Gasteiger partial charge < -0.3 is 9.47 Å². The summed E-state index contributed by atoms with van der Waals surface area (Å²) in [5.74, 6) is 1.85. The van der Waals surface area contributed by atoms with Crippen LogP contribution in [0.25, 0.3) is 0 Å². The van der Waals surface area contributed by atoms with E-state index in [4.69, 9.17) is 14.5 Å². The second-order valence-corrected chi connectivity index (χ2v) is 10.2. The SMILES string of the molecule is COc1ccc([C@@H]2Sc3ccccc3N=C3c4ccccc4CC[C@H]32)cc1OCc1ccccc1. The van der Waals surface area contributed by atoms with E-state index in [0.717, 1.165) is 35.6 Å². The van der Waals surface area contributed by atoms with Crippen LogP contribution in [0.5, 0.6) is 11.5 Å². The summed E-state index contributed by atoms with van der Waals surface area (Å²) >= 11 is 1.92. The standard InChI is InChI=1S/C31H27NO2S/c1-33-27-18-16-23(19-28(27)34-20-21-9-3-2-4-10-21)31-25-17-15-22-11-5-6-12-24(22)30(25)32-26-13-7-8-14-29(26)35-31/h2-14,16,18-19,25,31H,15,17,20H2,1H3/t25-,31+/m1/s1. The maximum absolute atomic E-state index is 6.27. The van der Waals surface area contributed by atoms with Crippen molar-refractivity contribution in [1.82, 2.24) is 0 Å². The molecule has 0 spiro atoms. The van der Waals surface area contributed by atoms with Gasteiger partial charge in [0.15, 0.2) is 11.5 Å². The Hall–Kier alpha value is -3.50. The molecule has 1 aliphatic heterocycles. The van der Waals surface area contributed by atoms with Crippen LogP contribution in [0.15, 0.2) is 107 Å². The van der Waals surface area contributed by atoms with Crippen molar-refractivity contribution in [1.29, 1.82) is 0 Å². The molecule has 0 fully saturated rings. The maximum Gasteiger partial charge on any atom is 0.161 e. The molecule has 0 saturated heterocycles. The average molecular weight is 478 g/mol. The number of aryl methyl sites for hydroxylation is 1. The molecular formula is C31H27NO2S. The van der Waals surface area contributed by atoms with Crippen molar-refractivity contribution in [3.8, 4) is 11.5 Å². The lowest BCUT2D eigenvalue weighted by atomic mass is 9.78. The molecule has 1 heterocycles. The van der Waals surface area contributed by atoms with Gasteiger partial charge in [0.2, 0.25) is 0 Å². The van der Waals surface area contributed by atoms with Crippen LogP contribution in [-0.4, -0.2) is 12.8 Å². The van der Waals surface area contributed by atoms with Crippen molar-refractivity contribution < 1.29 is 9.47 Å². The number of hydrogen-bond acceptors (Lipinski definition) is 4. The molecule has 4 heteroatoms. The Morgan fingerprint density at radius 1 is 0.857 bits per heavy atom. The van der Waals surface area contributed by atoms with Crippen LogP contribution in [-0.2, 0) is 13.0 Å². The molecular weight excluding hydrogens is 450 g/mol. The smallest absolute Gasteiger partial charge is 0.161 e. The normalized spacial score (nSPS) is 18.4. The highest BCUT2D eigenvalue weighted by molar-refractivity contribution is 7.99. The number of hydrogen-bond donors (Lipinski definition) is 0. The lowest BCUT2D eigenvalue weighted by molar-refractivity contribution is 0.284. The van der Waals surface area contributed by atoms with E-state index in [0.29, 0.717) is 12.5 Å². The van der Waals surface area contributed by atoms with Gasteiger partial charge in [-0.3, -0.25) is 4.99 Å². The van der Waals surface area contributed by atoms with Crippen LogP contribution in [0, 0.1) is 5.92 Å². The number of aliphatic imine (C=N–C) groups is 1. The van der Waals surface area contributed by atoms with Gasteiger partial charge in [-0.1, -0.05) is 72.8 Å². The molecule has 4 aromatic carbocycles. The van der Waals surface area contributed by atoms with Gasteiger partial charge in [-0.05, 0) is 59.4 Å². The van der Waals surface area contributed by atoms with E-state index in [1.807, 2.05) is 36.0 Å². The monoisotopic (exact) mass is 477 g/mol. The second-order valence-electron chi connectivity index (χ2n) is 8.99. The van der Waals surface area contributed by atoms with Gasteiger partial charge in [0.05, 0.1) is 18.5 Å². The molecule has 0 unspecified atom stereocenters. The summed E-state index contributed by atoms with van der Waals surface area (Å²) in [5.41, 5.74) is 7.33. The maximum atomic E-state index is 6.27. The van der Waals surface area contributed by atoms with Crippen LogP contribution < -0.4 is 9.47 Å². The fourth-order valence-corrected chi connectivity index (χ4v) is 6.47. The number of fused-ring (bicyclic) bond motifs is 4. The average Bonchev–Trinajstić information content (AvgIpc) is 3.09. The van der Waals surface area contributed by atoms with E-state index >= 15 is 0 Å². The zero-order chi connectivity index (χ0) is 23.6. The van der Waals surface area contributed by atoms with E-state index in [9.17, 15) is 0 Å². The lowest BCUT2D eigenvalue weighted by Crippen LogP contribution is -2.27. The number of ether oxygens (including phenoxy) is 2. The highest BCUT2D eigenvalue weighted by atomic mass is 32.2. The third-order valence-corrected chi connectivity index (χ3v) is 8.30. The minimum Gasteiger partial charge on any atom is -0.493 e. The van der Waals surface area contributed by atoms with Crippen molar-refractivity contribution in [3.05, 3.63) is 119 Å². The summed E-state index contributed by atoms with van der Waals surface area (Å²) in [7, 11) is 1.70. The Morgan fingerprint density at radius 3 is 2.54 bits per heavy atom. The third kappa shape index (κ3) is 4.35. The highest BCUT2D eigenvalue weighted by Crippen LogP contribution is 2.52. The molecule has 3 nitrogen and oxygen atoms in total. The topological polar surface area (TPSA) is 30.8 Å². The van der Waals surface area contributed by atoms with E-state index in [1.165, 1.54) is 27.3 Å². The van der Waals surface area contributed by atoms with E-state index in [1.54, 1.807) is 7.11 Å². The number of benzene rings is 4. The van der Waals surface area contributed by atoms with Crippen molar-refractivity contribution in [2.45, 2.75) is 29.6 Å². The fraction of sp³-hybridized carbons (Fsp3) is 0.194. The van der Waals surface area contributed by atoms with Crippen LogP contribution in [0.2, 0.25) is 0 Å². The minimum absolute atomic E-state index is 0.232. The Morgan fingerprint density at radius 2 is 1.66 bits per heavy atom. The highest BCUT2D eigenvalue weighted by Gasteiger charge is 2.36. The molecule has 1 aliphatic carbocycles. The van der Waals surface area contributed by atoms with Gasteiger partial charge in [-0.25, -0.2) is 0 Å². The number of para-hydroxylation sites is 1. The van der Waals surface area contributed by atoms with Crippen molar-refractivity contribution in [2.24, 2.45) is 10.9 Å². The first-order valence-electron chi connectivity index (χ1n) is 12.1. The minimum atomic E-state index is 0.232. The summed E-state index contributed by atoms with van der Waals surface area (Å²) < 4.78 is 11.9. The Kier molecular flexibility index (Phi) is 6.05. The third-order valence-electron chi connectivity index (χ3n) is 6.85. The van der Waals surface area contributed by atoms with Gasteiger partial charge in [0, 0.05) is 16.1 Å². The van der Waals surface area contributed by atoms with E-state index in [2.05, 4.69) is 72.8 Å². The van der Waals surface area contributed by atoms with E-state index < -0.39 is 0 Å².